The zero-order valence-electron chi connectivity index (χ0n) is 10.9. The number of thioether (sulfide) groups is 1. The van der Waals surface area contributed by atoms with Gasteiger partial charge in [-0.2, -0.15) is 11.8 Å². The average Bonchev–Trinajstić information content (AvgIpc) is 2.43. The van der Waals surface area contributed by atoms with Crippen molar-refractivity contribution in [3.63, 3.8) is 0 Å². The summed E-state index contributed by atoms with van der Waals surface area (Å²) in [6.07, 6.45) is 3.06. The maximum Gasteiger partial charge on any atom is 0.241 e. The third-order valence-corrected chi connectivity index (χ3v) is 4.31. The molecule has 0 aromatic heterocycles. The molecular formula is C14H20N2OS. The zero-order chi connectivity index (χ0) is 13.0. The summed E-state index contributed by atoms with van der Waals surface area (Å²) in [4.78, 5) is 12.2. The average molecular weight is 264 g/mol. The summed E-state index contributed by atoms with van der Waals surface area (Å²) in [5, 5.41) is 6.77. The molecule has 0 spiro atoms. The molecule has 98 valence electrons. The molecule has 1 aliphatic heterocycles. The van der Waals surface area contributed by atoms with Crippen LogP contribution in [0.4, 0.5) is 0 Å². The molecule has 2 atom stereocenters. The molecule has 4 heteroatoms. The lowest BCUT2D eigenvalue weighted by Crippen LogP contribution is -2.42. The Bertz CT molecular complexity index is 422. The quantitative estimate of drug-likeness (QED) is 0.870. The van der Waals surface area contributed by atoms with Crippen LogP contribution in [0.1, 0.15) is 24.1 Å². The normalized spacial score (nSPS) is 20.0. The van der Waals surface area contributed by atoms with E-state index in [0.717, 1.165) is 25.1 Å². The fourth-order valence-corrected chi connectivity index (χ4v) is 2.42. The predicted octanol–water partition coefficient (Wildman–Crippen LogP) is 1.74. The number of rotatable bonds is 4. The number of fused-ring (bicyclic) bond motifs is 1. The third kappa shape index (κ3) is 3.06. The van der Waals surface area contributed by atoms with Gasteiger partial charge in [-0.05, 0) is 23.8 Å². The van der Waals surface area contributed by atoms with Gasteiger partial charge in [-0.15, -0.1) is 0 Å². The van der Waals surface area contributed by atoms with Gasteiger partial charge in [0, 0.05) is 18.3 Å². The third-order valence-electron chi connectivity index (χ3n) is 3.34. The minimum Gasteiger partial charge on any atom is -0.353 e. The summed E-state index contributed by atoms with van der Waals surface area (Å²) in [7, 11) is 0. The summed E-state index contributed by atoms with van der Waals surface area (Å²) in [6, 6.07) is 8.00. The zero-order valence-corrected chi connectivity index (χ0v) is 11.7. The molecule has 1 heterocycles. The monoisotopic (exact) mass is 264 g/mol. The Hall–Kier alpha value is -1.00. The van der Waals surface area contributed by atoms with Crippen LogP contribution in [0.5, 0.6) is 0 Å². The van der Waals surface area contributed by atoms with Crippen molar-refractivity contribution in [1.82, 2.24) is 10.6 Å². The number of carbonyl (C=O) groups is 1. The van der Waals surface area contributed by atoms with E-state index in [-0.39, 0.29) is 11.9 Å². The molecule has 2 N–H and O–H groups in total. The standard InChI is InChI=1S/C14H20N2OS/c1-10(18-2)9-16-14(17)13-12-6-4-3-5-11(12)7-8-15-13/h3-6,10,13,15H,7-9H2,1-2H3,(H,16,17)/t10-,13-/m0/s1. The fraction of sp³-hybridized carbons (Fsp3) is 0.500. The van der Waals surface area contributed by atoms with E-state index < -0.39 is 0 Å². The summed E-state index contributed by atoms with van der Waals surface area (Å²) < 4.78 is 0. The number of benzene rings is 1. The van der Waals surface area contributed by atoms with Crippen molar-refractivity contribution < 1.29 is 4.79 Å². The lowest BCUT2D eigenvalue weighted by atomic mass is 9.94. The van der Waals surface area contributed by atoms with Crippen LogP contribution in [0.2, 0.25) is 0 Å². The van der Waals surface area contributed by atoms with E-state index >= 15 is 0 Å². The molecule has 0 saturated carbocycles. The Morgan fingerprint density at radius 2 is 2.33 bits per heavy atom. The Kier molecular flexibility index (Phi) is 4.66. The highest BCUT2D eigenvalue weighted by atomic mass is 32.2. The number of hydrogen-bond donors (Lipinski definition) is 2. The predicted molar refractivity (Wildman–Crippen MR) is 76.9 cm³/mol. The second-order valence-corrected chi connectivity index (χ2v) is 5.90. The van der Waals surface area contributed by atoms with Crippen molar-refractivity contribution in [2.75, 3.05) is 19.3 Å². The van der Waals surface area contributed by atoms with Crippen molar-refractivity contribution in [2.45, 2.75) is 24.6 Å². The van der Waals surface area contributed by atoms with Crippen LogP contribution in [0.25, 0.3) is 0 Å². The second-order valence-electron chi connectivity index (χ2n) is 4.63. The van der Waals surface area contributed by atoms with Gasteiger partial charge in [-0.3, -0.25) is 4.79 Å². The van der Waals surface area contributed by atoms with Gasteiger partial charge >= 0.3 is 0 Å². The van der Waals surface area contributed by atoms with Crippen LogP contribution >= 0.6 is 11.8 Å². The van der Waals surface area contributed by atoms with Gasteiger partial charge in [0.05, 0.1) is 0 Å². The molecule has 3 nitrogen and oxygen atoms in total. The van der Waals surface area contributed by atoms with Crippen LogP contribution < -0.4 is 10.6 Å². The highest BCUT2D eigenvalue weighted by molar-refractivity contribution is 7.99. The molecule has 1 aromatic carbocycles. The molecule has 0 unspecified atom stereocenters. The van der Waals surface area contributed by atoms with Crippen LogP contribution in [-0.4, -0.2) is 30.5 Å². The van der Waals surface area contributed by atoms with Gasteiger partial charge in [0.15, 0.2) is 0 Å². The molecule has 0 fully saturated rings. The molecule has 18 heavy (non-hydrogen) atoms. The van der Waals surface area contributed by atoms with Crippen molar-refractivity contribution in [2.24, 2.45) is 0 Å². The van der Waals surface area contributed by atoms with Crippen molar-refractivity contribution >= 4 is 17.7 Å². The first kappa shape index (κ1) is 13.4. The first-order chi connectivity index (χ1) is 8.72. The Labute approximate surface area is 113 Å². The number of hydrogen-bond acceptors (Lipinski definition) is 3. The lowest BCUT2D eigenvalue weighted by molar-refractivity contribution is -0.123. The number of carbonyl (C=O) groups excluding carboxylic acids is 1. The largest absolute Gasteiger partial charge is 0.353 e. The smallest absolute Gasteiger partial charge is 0.241 e. The molecule has 0 bridgehead atoms. The Morgan fingerprint density at radius 3 is 3.11 bits per heavy atom. The first-order valence-electron chi connectivity index (χ1n) is 6.34. The van der Waals surface area contributed by atoms with E-state index in [2.05, 4.69) is 29.9 Å². The maximum absolute atomic E-state index is 12.2. The van der Waals surface area contributed by atoms with Gasteiger partial charge < -0.3 is 10.6 Å². The van der Waals surface area contributed by atoms with Crippen LogP contribution in [0.3, 0.4) is 0 Å². The highest BCUT2D eigenvalue weighted by Gasteiger charge is 2.25. The van der Waals surface area contributed by atoms with Crippen LogP contribution in [-0.2, 0) is 11.2 Å². The first-order valence-corrected chi connectivity index (χ1v) is 7.63. The fourth-order valence-electron chi connectivity index (χ4n) is 2.17. The van der Waals surface area contributed by atoms with E-state index in [4.69, 9.17) is 0 Å². The van der Waals surface area contributed by atoms with Gasteiger partial charge in [0.25, 0.3) is 0 Å². The molecule has 2 rings (SSSR count). The second kappa shape index (κ2) is 6.25. The van der Waals surface area contributed by atoms with E-state index in [9.17, 15) is 4.79 Å². The van der Waals surface area contributed by atoms with Crippen LogP contribution in [0, 0.1) is 0 Å². The van der Waals surface area contributed by atoms with Crippen molar-refractivity contribution in [3.05, 3.63) is 35.4 Å². The molecule has 0 radical (unpaired) electrons. The highest BCUT2D eigenvalue weighted by Crippen LogP contribution is 2.22. The molecule has 1 aliphatic rings. The van der Waals surface area contributed by atoms with E-state index in [1.54, 1.807) is 11.8 Å². The molecular weight excluding hydrogens is 244 g/mol. The summed E-state index contributed by atoms with van der Waals surface area (Å²) in [5.74, 6) is 0.0862. The maximum atomic E-state index is 12.2. The molecule has 1 amide bonds. The summed E-state index contributed by atoms with van der Waals surface area (Å²) in [6.45, 7) is 3.71. The van der Waals surface area contributed by atoms with Gasteiger partial charge in [0.2, 0.25) is 5.91 Å². The van der Waals surface area contributed by atoms with Gasteiger partial charge in [-0.25, -0.2) is 0 Å². The van der Waals surface area contributed by atoms with Gasteiger partial charge in [-0.1, -0.05) is 31.2 Å². The Morgan fingerprint density at radius 1 is 1.56 bits per heavy atom. The van der Waals surface area contributed by atoms with Gasteiger partial charge in [0.1, 0.15) is 6.04 Å². The number of nitrogens with one attached hydrogen (secondary N) is 2. The van der Waals surface area contributed by atoms with E-state index in [1.807, 2.05) is 18.2 Å². The SMILES string of the molecule is CS[C@@H](C)CNC(=O)[C@H]1NCCc2ccccc21. The molecule has 0 aliphatic carbocycles. The topological polar surface area (TPSA) is 41.1 Å². The van der Waals surface area contributed by atoms with Crippen molar-refractivity contribution in [3.8, 4) is 0 Å². The minimum absolute atomic E-state index is 0.0862. The van der Waals surface area contributed by atoms with E-state index in [1.165, 1.54) is 5.56 Å². The minimum atomic E-state index is -0.191. The summed E-state index contributed by atoms with van der Waals surface area (Å²) in [5.41, 5.74) is 2.41. The molecule has 1 aromatic rings. The van der Waals surface area contributed by atoms with Crippen molar-refractivity contribution in [1.29, 1.82) is 0 Å². The number of amides is 1. The summed E-state index contributed by atoms with van der Waals surface area (Å²) >= 11 is 1.76. The van der Waals surface area contributed by atoms with Crippen LogP contribution in [0.15, 0.2) is 24.3 Å². The lowest BCUT2D eigenvalue weighted by Gasteiger charge is -2.26. The van der Waals surface area contributed by atoms with E-state index in [0.29, 0.717) is 5.25 Å². The Balaban J connectivity index is 2.04. The molecule has 0 saturated heterocycles.